The van der Waals surface area contributed by atoms with Crippen LogP contribution in [0, 0.1) is 0 Å². The number of halogens is 1. The van der Waals surface area contributed by atoms with Crippen molar-refractivity contribution in [3.05, 3.63) is 54.6 Å². The molecule has 104 valence electrons. The number of aromatic nitrogens is 2. The lowest BCUT2D eigenvalue weighted by atomic mass is 10.2. The van der Waals surface area contributed by atoms with Gasteiger partial charge in [-0.25, -0.2) is 9.13 Å². The van der Waals surface area contributed by atoms with Crippen LogP contribution in [0.15, 0.2) is 49.1 Å². The van der Waals surface area contributed by atoms with Gasteiger partial charge in [-0.05, 0) is 26.1 Å². The van der Waals surface area contributed by atoms with Crippen LogP contribution < -0.4 is 21.5 Å². The fourth-order valence-corrected chi connectivity index (χ4v) is 2.03. The lowest BCUT2D eigenvalue weighted by molar-refractivity contribution is -0.696. The van der Waals surface area contributed by atoms with E-state index in [1.165, 1.54) is 12.0 Å². The molecule has 0 saturated heterocycles. The van der Waals surface area contributed by atoms with Crippen molar-refractivity contribution in [2.24, 2.45) is 0 Å². The molecule has 0 aliphatic heterocycles. The van der Waals surface area contributed by atoms with Crippen molar-refractivity contribution in [3.8, 4) is 0 Å². The number of nitrogens with zero attached hydrogens (tertiary/aromatic N) is 3. The first-order valence-electron chi connectivity index (χ1n) is 6.47. The molecule has 0 bridgehead atoms. The highest BCUT2D eigenvalue weighted by atomic mass is 79.9. The molecule has 2 rings (SSSR count). The van der Waals surface area contributed by atoms with E-state index in [0.29, 0.717) is 0 Å². The third-order valence-electron chi connectivity index (χ3n) is 2.98. The summed E-state index contributed by atoms with van der Waals surface area (Å²) in [5.41, 5.74) is 1.34. The van der Waals surface area contributed by atoms with E-state index in [2.05, 4.69) is 77.2 Å². The summed E-state index contributed by atoms with van der Waals surface area (Å²) in [6.45, 7) is 3.17. The number of imidazole rings is 1. The minimum Gasteiger partial charge on any atom is -1.00 e. The molecular weight excluding hydrogens is 302 g/mol. The summed E-state index contributed by atoms with van der Waals surface area (Å²) >= 11 is 0. The minimum atomic E-state index is 0. The summed E-state index contributed by atoms with van der Waals surface area (Å²) in [5, 5.41) is 0. The van der Waals surface area contributed by atoms with Gasteiger partial charge in [0.1, 0.15) is 18.9 Å². The Balaban J connectivity index is 0.00000180. The Morgan fingerprint density at radius 3 is 2.58 bits per heavy atom. The first kappa shape index (κ1) is 15.9. The van der Waals surface area contributed by atoms with Crippen molar-refractivity contribution in [1.82, 2.24) is 9.47 Å². The van der Waals surface area contributed by atoms with Gasteiger partial charge >= 0.3 is 0 Å². The van der Waals surface area contributed by atoms with Crippen LogP contribution in [-0.2, 0) is 13.1 Å². The van der Waals surface area contributed by atoms with Crippen molar-refractivity contribution >= 4 is 0 Å². The molecule has 0 fully saturated rings. The van der Waals surface area contributed by atoms with E-state index >= 15 is 0 Å². The zero-order valence-corrected chi connectivity index (χ0v) is 13.3. The fourth-order valence-electron chi connectivity index (χ4n) is 2.03. The lowest BCUT2D eigenvalue weighted by Crippen LogP contribution is -3.00. The molecule has 0 atom stereocenters. The van der Waals surface area contributed by atoms with Crippen LogP contribution in [-0.4, -0.2) is 30.1 Å². The van der Waals surface area contributed by atoms with Crippen molar-refractivity contribution < 1.29 is 21.5 Å². The highest BCUT2D eigenvalue weighted by molar-refractivity contribution is 5.14. The van der Waals surface area contributed by atoms with E-state index in [4.69, 9.17) is 0 Å². The molecule has 4 heteroatoms. The molecule has 0 unspecified atom stereocenters. The van der Waals surface area contributed by atoms with Gasteiger partial charge in [0.05, 0.1) is 6.54 Å². The quantitative estimate of drug-likeness (QED) is 0.607. The van der Waals surface area contributed by atoms with Crippen LogP contribution in [0.25, 0.3) is 0 Å². The Bertz CT molecular complexity index is 465. The summed E-state index contributed by atoms with van der Waals surface area (Å²) in [5.74, 6) is 0. The Morgan fingerprint density at radius 1 is 1.16 bits per heavy atom. The maximum atomic E-state index is 2.26. The molecule has 0 amide bonds. The highest BCUT2D eigenvalue weighted by Crippen LogP contribution is 2.01. The number of hydrogen-bond donors (Lipinski definition) is 0. The summed E-state index contributed by atoms with van der Waals surface area (Å²) in [4.78, 5) is 2.22. The molecule has 0 aliphatic carbocycles. The number of benzene rings is 1. The summed E-state index contributed by atoms with van der Waals surface area (Å²) in [6.07, 6.45) is 7.66. The van der Waals surface area contributed by atoms with Gasteiger partial charge < -0.3 is 21.9 Å². The van der Waals surface area contributed by atoms with Gasteiger partial charge in [-0.3, -0.25) is 0 Å². The first-order valence-corrected chi connectivity index (χ1v) is 6.47. The number of rotatable bonds is 6. The van der Waals surface area contributed by atoms with Gasteiger partial charge in [-0.1, -0.05) is 30.3 Å². The Kier molecular flexibility index (Phi) is 6.81. The van der Waals surface area contributed by atoms with E-state index in [1.807, 2.05) is 0 Å². The van der Waals surface area contributed by atoms with Gasteiger partial charge in [0.2, 0.25) is 6.33 Å². The Labute approximate surface area is 126 Å². The van der Waals surface area contributed by atoms with Crippen molar-refractivity contribution in [2.75, 3.05) is 20.6 Å². The molecule has 1 aromatic heterocycles. The number of hydrogen-bond acceptors (Lipinski definition) is 1. The van der Waals surface area contributed by atoms with Gasteiger partial charge in [0.15, 0.2) is 0 Å². The molecule has 19 heavy (non-hydrogen) atoms. The van der Waals surface area contributed by atoms with Crippen LogP contribution in [0.2, 0.25) is 0 Å². The van der Waals surface area contributed by atoms with E-state index in [9.17, 15) is 0 Å². The zero-order chi connectivity index (χ0) is 12.8. The van der Waals surface area contributed by atoms with E-state index in [1.54, 1.807) is 0 Å². The fraction of sp³-hybridized carbons (Fsp3) is 0.400. The molecule has 0 saturated carbocycles. The predicted molar refractivity (Wildman–Crippen MR) is 73.3 cm³/mol. The first-order chi connectivity index (χ1) is 8.74. The monoisotopic (exact) mass is 323 g/mol. The van der Waals surface area contributed by atoms with E-state index in [0.717, 1.165) is 19.6 Å². The van der Waals surface area contributed by atoms with Crippen LogP contribution in [0.3, 0.4) is 0 Å². The zero-order valence-electron chi connectivity index (χ0n) is 11.7. The van der Waals surface area contributed by atoms with Crippen LogP contribution in [0.1, 0.15) is 12.0 Å². The third kappa shape index (κ3) is 5.57. The molecule has 2 aromatic rings. The van der Waals surface area contributed by atoms with Crippen molar-refractivity contribution in [3.63, 3.8) is 0 Å². The van der Waals surface area contributed by atoms with Crippen LogP contribution in [0.4, 0.5) is 0 Å². The molecule has 1 heterocycles. The van der Waals surface area contributed by atoms with Crippen molar-refractivity contribution in [1.29, 1.82) is 0 Å². The van der Waals surface area contributed by atoms with Gasteiger partial charge in [-0.2, -0.15) is 0 Å². The molecule has 1 aromatic carbocycles. The molecule has 0 aliphatic rings. The highest BCUT2D eigenvalue weighted by Gasteiger charge is 2.04. The van der Waals surface area contributed by atoms with Gasteiger partial charge in [-0.15, -0.1) is 0 Å². The maximum absolute atomic E-state index is 2.26. The lowest BCUT2D eigenvalue weighted by Gasteiger charge is -2.06. The normalized spacial score (nSPS) is 10.5. The second-order valence-corrected chi connectivity index (χ2v) is 4.97. The van der Waals surface area contributed by atoms with Crippen LogP contribution in [0.5, 0.6) is 0 Å². The average Bonchev–Trinajstić information content (AvgIpc) is 2.78. The molecule has 0 N–H and O–H groups in total. The summed E-state index contributed by atoms with van der Waals surface area (Å²) < 4.78 is 4.48. The Morgan fingerprint density at radius 2 is 1.89 bits per heavy atom. The van der Waals surface area contributed by atoms with E-state index < -0.39 is 0 Å². The van der Waals surface area contributed by atoms with Gasteiger partial charge in [0.25, 0.3) is 0 Å². The standard InChI is InChI=1S/C15H22N3.BrH/c1-16(2)9-6-10-17-11-12-18(14-17)13-15-7-4-3-5-8-15;/h3-5,7-8,11-12,14H,6,9-10,13H2,1-2H3;1H/q+1;/p-1. The largest absolute Gasteiger partial charge is 1.00 e. The van der Waals surface area contributed by atoms with E-state index in [-0.39, 0.29) is 17.0 Å². The average molecular weight is 324 g/mol. The Hall–Kier alpha value is -1.13. The maximum Gasteiger partial charge on any atom is 0.244 e. The predicted octanol–water partition coefficient (Wildman–Crippen LogP) is -1.22. The SMILES string of the molecule is CN(C)CCC[n+]1ccn(Cc2ccccc2)c1.[Br-]. The van der Waals surface area contributed by atoms with Gasteiger partial charge in [0, 0.05) is 6.54 Å². The summed E-state index contributed by atoms with van der Waals surface area (Å²) in [7, 11) is 4.23. The molecule has 0 spiro atoms. The third-order valence-corrected chi connectivity index (χ3v) is 2.98. The second-order valence-electron chi connectivity index (χ2n) is 4.97. The molecular formula is C15H22BrN3. The topological polar surface area (TPSA) is 12.1 Å². The number of aryl methyl sites for hydroxylation is 1. The molecule has 3 nitrogen and oxygen atoms in total. The molecule has 0 radical (unpaired) electrons. The van der Waals surface area contributed by atoms with Crippen LogP contribution >= 0.6 is 0 Å². The summed E-state index contributed by atoms with van der Waals surface area (Å²) in [6, 6.07) is 10.6. The smallest absolute Gasteiger partial charge is 0.244 e. The van der Waals surface area contributed by atoms with Crippen molar-refractivity contribution in [2.45, 2.75) is 19.5 Å². The minimum absolute atomic E-state index is 0. The second kappa shape index (κ2) is 8.12.